The normalized spacial score (nSPS) is 24.0. The van der Waals surface area contributed by atoms with Gasteiger partial charge in [-0.3, -0.25) is 14.3 Å². The number of aromatic nitrogens is 3. The van der Waals surface area contributed by atoms with Gasteiger partial charge in [-0.2, -0.15) is 0 Å². The summed E-state index contributed by atoms with van der Waals surface area (Å²) in [6.07, 6.45) is 6.38. The number of methoxy groups -OCH3 is 1. The predicted octanol–water partition coefficient (Wildman–Crippen LogP) is 7.12. The fourth-order valence-corrected chi connectivity index (χ4v) is 11.4. The summed E-state index contributed by atoms with van der Waals surface area (Å²) in [6.45, 7) is 6.66. The van der Waals surface area contributed by atoms with Crippen molar-refractivity contribution in [3.63, 3.8) is 0 Å². The van der Waals surface area contributed by atoms with Crippen molar-refractivity contribution < 1.29 is 28.3 Å². The van der Waals surface area contributed by atoms with E-state index in [0.29, 0.717) is 49.5 Å². The molecule has 12 heteroatoms. The van der Waals surface area contributed by atoms with E-state index in [1.165, 1.54) is 0 Å². The molecule has 1 aromatic heterocycles. The van der Waals surface area contributed by atoms with Gasteiger partial charge in [-0.1, -0.05) is 67.4 Å². The molecule has 7 rings (SSSR count). The molecule has 1 N–H and O–H groups in total. The number of aliphatic hydroxyl groups excluding tert-OH is 1. The van der Waals surface area contributed by atoms with E-state index in [9.17, 15) is 14.7 Å². The molecular weight excluding hydrogens is 690 g/mol. The Kier molecular flexibility index (Phi) is 10.6. The average molecular weight is 740 g/mol. The zero-order chi connectivity index (χ0) is 37.3. The van der Waals surface area contributed by atoms with Gasteiger partial charge in [0.05, 0.1) is 43.7 Å². The Morgan fingerprint density at radius 3 is 2.51 bits per heavy atom. The van der Waals surface area contributed by atoms with Crippen molar-refractivity contribution in [3.8, 4) is 5.75 Å². The van der Waals surface area contributed by atoms with E-state index in [4.69, 9.17) is 9.47 Å². The third-order valence-electron chi connectivity index (χ3n) is 11.5. The minimum Gasteiger partial charge on any atom is -0.497 e. The molecule has 3 aliphatic heterocycles. The third-order valence-corrected chi connectivity index (χ3v) is 14.0. The van der Waals surface area contributed by atoms with Crippen molar-refractivity contribution in [1.29, 1.82) is 0 Å². The first-order valence-corrected chi connectivity index (χ1v) is 21.8. The second-order valence-electron chi connectivity index (χ2n) is 15.3. The summed E-state index contributed by atoms with van der Waals surface area (Å²) in [5.74, 6) is -0.227. The molecule has 2 fully saturated rings. The van der Waals surface area contributed by atoms with Crippen molar-refractivity contribution in [2.24, 2.45) is 5.92 Å². The fraction of sp³-hybridized carbons (Fsp3) is 0.463. The minimum atomic E-state index is -3.39. The van der Waals surface area contributed by atoms with Gasteiger partial charge in [0.1, 0.15) is 5.75 Å². The maximum Gasteiger partial charge on any atom is 0.264 e. The Morgan fingerprint density at radius 1 is 1.04 bits per heavy atom. The molecule has 4 heterocycles. The highest BCUT2D eigenvalue weighted by Crippen LogP contribution is 2.60. The number of hydrogen-bond donors (Lipinski definition) is 1. The average Bonchev–Trinajstić information content (AvgIpc) is 3.80. The molecule has 10 nitrogen and oxygen atoms in total. The molecule has 3 aromatic carbocycles. The number of ether oxygens (including phenoxy) is 2. The Balaban J connectivity index is 1.15. The number of halogens is 1. The van der Waals surface area contributed by atoms with Crippen molar-refractivity contribution in [1.82, 2.24) is 15.0 Å². The van der Waals surface area contributed by atoms with Crippen LogP contribution in [-0.2, 0) is 33.0 Å². The molecule has 280 valence electrons. The molecule has 53 heavy (non-hydrogen) atoms. The monoisotopic (exact) mass is 739 g/mol. The lowest BCUT2D eigenvalue weighted by Crippen LogP contribution is -2.45. The van der Waals surface area contributed by atoms with Gasteiger partial charge in [-0.05, 0) is 73.8 Å². The topological polar surface area (TPSA) is 110 Å². The van der Waals surface area contributed by atoms with Gasteiger partial charge in [-0.15, -0.1) is 5.10 Å². The van der Waals surface area contributed by atoms with E-state index in [2.05, 4.69) is 10.3 Å². The van der Waals surface area contributed by atoms with Crippen LogP contribution in [0.2, 0.25) is 18.6 Å². The highest BCUT2D eigenvalue weighted by molar-refractivity contribution is 6.72. The Morgan fingerprint density at radius 2 is 1.79 bits per heavy atom. The number of carbonyl (C=O) groups is 2. The molecule has 0 saturated carbocycles. The summed E-state index contributed by atoms with van der Waals surface area (Å²) >= 11 is 0. The second-order valence-corrected chi connectivity index (χ2v) is 19.1. The molecule has 5 atom stereocenters. The van der Waals surface area contributed by atoms with Crippen LogP contribution in [0.3, 0.4) is 0 Å². The van der Waals surface area contributed by atoms with Crippen LogP contribution in [0.15, 0.2) is 79.0 Å². The largest absolute Gasteiger partial charge is 0.497 e. The van der Waals surface area contributed by atoms with Crippen LogP contribution in [-0.4, -0.2) is 66.7 Å². The van der Waals surface area contributed by atoms with Crippen LogP contribution in [0.5, 0.6) is 5.75 Å². The van der Waals surface area contributed by atoms with Crippen LogP contribution >= 0.6 is 0 Å². The van der Waals surface area contributed by atoms with Gasteiger partial charge in [0.2, 0.25) is 14.3 Å². The molecular formula is C41H50FN5O5Si. The van der Waals surface area contributed by atoms with Gasteiger partial charge in [0, 0.05) is 48.4 Å². The lowest BCUT2D eigenvalue weighted by atomic mass is 9.82. The van der Waals surface area contributed by atoms with Crippen LogP contribution in [0.25, 0.3) is 0 Å². The SMILES string of the molecule is COc1ccc2c(c1)[C@]1(O[C@@H](CCn3cc(C(CO)c4ccccc4)nn3)[C@H]([Si](C)(C)F)[C@H]1C)C(=O)N2Cc1ccc(N2CCCCCCC2=O)cc1. The van der Waals surface area contributed by atoms with Crippen molar-refractivity contribution in [2.45, 2.75) is 94.8 Å². The first-order chi connectivity index (χ1) is 25.5. The minimum absolute atomic E-state index is 0.109. The van der Waals surface area contributed by atoms with Crippen LogP contribution in [0.4, 0.5) is 15.5 Å². The van der Waals surface area contributed by atoms with Crippen LogP contribution in [0.1, 0.15) is 73.8 Å². The number of amides is 2. The molecule has 4 aromatic rings. The quantitative estimate of drug-likeness (QED) is 0.129. The lowest BCUT2D eigenvalue weighted by Gasteiger charge is -2.31. The Labute approximate surface area is 312 Å². The molecule has 0 radical (unpaired) electrons. The van der Waals surface area contributed by atoms with Gasteiger partial charge < -0.3 is 28.5 Å². The summed E-state index contributed by atoms with van der Waals surface area (Å²) in [5, 5.41) is 18.9. The molecule has 3 aliphatic rings. The zero-order valence-corrected chi connectivity index (χ0v) is 32.1. The van der Waals surface area contributed by atoms with Gasteiger partial charge in [0.15, 0.2) is 5.60 Å². The van der Waals surface area contributed by atoms with E-state index in [1.54, 1.807) is 29.8 Å². The zero-order valence-electron chi connectivity index (χ0n) is 31.1. The van der Waals surface area contributed by atoms with Gasteiger partial charge in [-0.25, -0.2) is 0 Å². The van der Waals surface area contributed by atoms with Crippen molar-refractivity contribution in [2.75, 3.05) is 30.1 Å². The predicted molar refractivity (Wildman–Crippen MR) is 204 cm³/mol. The number of aryl methyl sites for hydroxylation is 1. The number of carbonyl (C=O) groups excluding carboxylic acids is 2. The number of hydrogen-bond acceptors (Lipinski definition) is 7. The maximum atomic E-state index is 16.5. The highest BCUT2D eigenvalue weighted by Gasteiger charge is 2.66. The third kappa shape index (κ3) is 7.04. The van der Waals surface area contributed by atoms with E-state index in [-0.39, 0.29) is 24.3 Å². The first kappa shape index (κ1) is 36.9. The van der Waals surface area contributed by atoms with Crippen molar-refractivity contribution in [3.05, 3.63) is 101 Å². The first-order valence-electron chi connectivity index (χ1n) is 18.9. The smallest absolute Gasteiger partial charge is 0.264 e. The Hall–Kier alpha value is -4.39. The van der Waals surface area contributed by atoms with E-state index < -0.39 is 31.6 Å². The number of fused-ring (bicyclic) bond motifs is 2. The molecule has 2 amide bonds. The fourth-order valence-electron chi connectivity index (χ4n) is 8.87. The van der Waals surface area contributed by atoms with E-state index >= 15 is 4.11 Å². The molecule has 0 bridgehead atoms. The summed E-state index contributed by atoms with van der Waals surface area (Å²) in [5.41, 5.74) is 2.93. The van der Waals surface area contributed by atoms with E-state index in [1.807, 2.05) is 90.8 Å². The summed E-state index contributed by atoms with van der Waals surface area (Å²) in [7, 11) is -1.79. The van der Waals surface area contributed by atoms with E-state index in [0.717, 1.165) is 48.2 Å². The second kappa shape index (κ2) is 15.2. The maximum absolute atomic E-state index is 16.5. The molecule has 2 saturated heterocycles. The number of benzene rings is 3. The highest BCUT2D eigenvalue weighted by atomic mass is 28.4. The summed E-state index contributed by atoms with van der Waals surface area (Å²) in [6, 6.07) is 23.2. The standard InChI is InChI=1S/C41H50FN5O5Si/c1-28-39(53(3,4)42)37(21-23-45-26-35(43-44-45)33(27-48)30-12-8-7-9-13-30)52-41(28)34-24-32(51-2)19-20-36(34)47(40(41)50)25-29-15-17-31(18-16-29)46-22-11-6-5-10-14-38(46)49/h7-9,12-13,15-20,24,26,28,33,37,39,48H,5-6,10-11,14,21-23,25,27H2,1-4H3/t28-,33?,37+,39-,41+/m1/s1. The van der Waals surface area contributed by atoms with Crippen molar-refractivity contribution >= 4 is 31.6 Å². The van der Waals surface area contributed by atoms with Crippen LogP contribution < -0.4 is 14.5 Å². The number of nitrogens with zero attached hydrogens (tertiary/aromatic N) is 5. The lowest BCUT2D eigenvalue weighted by molar-refractivity contribution is -0.146. The number of rotatable bonds is 11. The summed E-state index contributed by atoms with van der Waals surface area (Å²) in [4.78, 5) is 31.4. The number of aliphatic hydroxyl groups is 1. The van der Waals surface area contributed by atoms with Crippen LogP contribution in [0, 0.1) is 5.92 Å². The molecule has 0 aliphatic carbocycles. The molecule has 1 spiro atoms. The van der Waals surface area contributed by atoms with Gasteiger partial charge in [0.25, 0.3) is 5.91 Å². The number of anilines is 2. The Bertz CT molecular complexity index is 1920. The molecule has 1 unspecified atom stereocenters. The summed E-state index contributed by atoms with van der Waals surface area (Å²) < 4.78 is 30.8. The van der Waals surface area contributed by atoms with Gasteiger partial charge >= 0.3 is 0 Å².